The fraction of sp³-hybridized carbons (Fsp3) is 0.611. The fourth-order valence-corrected chi connectivity index (χ4v) is 3.20. The Morgan fingerprint density at radius 3 is 2.91 bits per heavy atom. The molecule has 23 heavy (non-hydrogen) atoms. The van der Waals surface area contributed by atoms with E-state index in [1.165, 1.54) is 12.0 Å². The van der Waals surface area contributed by atoms with Crippen LogP contribution in [0.4, 0.5) is 4.79 Å². The number of nitrogens with zero attached hydrogens (tertiary/aromatic N) is 1. The van der Waals surface area contributed by atoms with Crippen LogP contribution in [-0.4, -0.2) is 44.3 Å². The Labute approximate surface area is 144 Å². The van der Waals surface area contributed by atoms with Gasteiger partial charge in [0.25, 0.3) is 0 Å². The number of carbonyl (C=O) groups is 1. The van der Waals surface area contributed by atoms with Crippen LogP contribution in [0.15, 0.2) is 24.3 Å². The molecule has 1 aromatic rings. The molecule has 0 aromatic heterocycles. The van der Waals surface area contributed by atoms with E-state index in [2.05, 4.69) is 5.32 Å². The molecule has 1 unspecified atom stereocenters. The van der Waals surface area contributed by atoms with Crippen LogP contribution in [0.25, 0.3) is 0 Å². The number of hydrogen-bond acceptors (Lipinski definition) is 2. The number of benzene rings is 1. The number of amides is 2. The van der Waals surface area contributed by atoms with E-state index < -0.39 is 0 Å². The number of carbonyl (C=O) groups excluding carboxylic acids is 1. The van der Waals surface area contributed by atoms with Gasteiger partial charge in [-0.25, -0.2) is 4.79 Å². The summed E-state index contributed by atoms with van der Waals surface area (Å²) in [7, 11) is 1.74. The van der Waals surface area contributed by atoms with Gasteiger partial charge in [-0.1, -0.05) is 23.7 Å². The Balaban J connectivity index is 1.69. The molecule has 0 radical (unpaired) electrons. The second-order valence-corrected chi connectivity index (χ2v) is 6.63. The highest BCUT2D eigenvalue weighted by atomic mass is 35.5. The molecule has 1 saturated heterocycles. The van der Waals surface area contributed by atoms with Crippen molar-refractivity contribution in [2.24, 2.45) is 5.92 Å². The van der Waals surface area contributed by atoms with E-state index in [-0.39, 0.29) is 6.03 Å². The summed E-state index contributed by atoms with van der Waals surface area (Å²) >= 11 is 5.87. The van der Waals surface area contributed by atoms with Gasteiger partial charge in [0.1, 0.15) is 0 Å². The number of likely N-dealkylation sites (tertiary alicyclic amines) is 1. The highest BCUT2D eigenvalue weighted by molar-refractivity contribution is 6.30. The number of methoxy groups -OCH3 is 1. The lowest BCUT2D eigenvalue weighted by atomic mass is 9.94. The van der Waals surface area contributed by atoms with Crippen molar-refractivity contribution in [1.29, 1.82) is 0 Å². The maximum absolute atomic E-state index is 12.3. The largest absolute Gasteiger partial charge is 0.385 e. The first-order chi connectivity index (χ1) is 11.2. The Morgan fingerprint density at radius 1 is 1.39 bits per heavy atom. The normalized spacial score (nSPS) is 18.0. The van der Waals surface area contributed by atoms with Gasteiger partial charge in [-0.3, -0.25) is 0 Å². The van der Waals surface area contributed by atoms with Crippen LogP contribution < -0.4 is 5.32 Å². The maximum Gasteiger partial charge on any atom is 0.317 e. The van der Waals surface area contributed by atoms with E-state index in [4.69, 9.17) is 16.3 Å². The van der Waals surface area contributed by atoms with Crippen molar-refractivity contribution in [3.63, 3.8) is 0 Å². The molecule has 128 valence electrons. The van der Waals surface area contributed by atoms with Crippen LogP contribution in [0.1, 0.15) is 31.2 Å². The van der Waals surface area contributed by atoms with Crippen molar-refractivity contribution in [3.8, 4) is 0 Å². The van der Waals surface area contributed by atoms with Crippen molar-refractivity contribution in [2.75, 3.05) is 33.4 Å². The molecule has 1 aliphatic rings. The topological polar surface area (TPSA) is 41.6 Å². The lowest BCUT2D eigenvalue weighted by Gasteiger charge is -2.32. The summed E-state index contributed by atoms with van der Waals surface area (Å²) in [6, 6.07) is 7.83. The minimum atomic E-state index is 0.0652. The smallest absolute Gasteiger partial charge is 0.317 e. The third-order valence-corrected chi connectivity index (χ3v) is 4.62. The minimum Gasteiger partial charge on any atom is -0.385 e. The molecule has 0 aliphatic carbocycles. The van der Waals surface area contributed by atoms with Gasteiger partial charge in [0, 0.05) is 38.4 Å². The van der Waals surface area contributed by atoms with E-state index >= 15 is 0 Å². The van der Waals surface area contributed by atoms with Gasteiger partial charge in [0.15, 0.2) is 0 Å². The van der Waals surface area contributed by atoms with Crippen molar-refractivity contribution >= 4 is 17.6 Å². The van der Waals surface area contributed by atoms with Crippen LogP contribution in [0.5, 0.6) is 0 Å². The van der Waals surface area contributed by atoms with E-state index in [0.717, 1.165) is 50.4 Å². The van der Waals surface area contributed by atoms with E-state index in [9.17, 15) is 4.79 Å². The SMILES string of the molecule is COCCCC1CCCN(C(=O)NCCc2ccc(Cl)cc2)C1. The molecule has 1 fully saturated rings. The summed E-state index contributed by atoms with van der Waals surface area (Å²) in [5.74, 6) is 0.612. The summed E-state index contributed by atoms with van der Waals surface area (Å²) in [4.78, 5) is 14.2. The van der Waals surface area contributed by atoms with Gasteiger partial charge in [0.2, 0.25) is 0 Å². The van der Waals surface area contributed by atoms with Crippen molar-refractivity contribution < 1.29 is 9.53 Å². The molecule has 0 bridgehead atoms. The predicted molar refractivity (Wildman–Crippen MR) is 94.0 cm³/mol. The number of hydrogen-bond donors (Lipinski definition) is 1. The van der Waals surface area contributed by atoms with Crippen molar-refractivity contribution in [2.45, 2.75) is 32.1 Å². The van der Waals surface area contributed by atoms with Crippen LogP contribution in [0.3, 0.4) is 0 Å². The van der Waals surface area contributed by atoms with Crippen LogP contribution in [-0.2, 0) is 11.2 Å². The molecule has 1 aliphatic heterocycles. The van der Waals surface area contributed by atoms with Crippen LogP contribution >= 0.6 is 11.6 Å². The lowest BCUT2D eigenvalue weighted by molar-refractivity contribution is 0.149. The number of nitrogens with one attached hydrogen (secondary N) is 1. The quantitative estimate of drug-likeness (QED) is 0.770. The second kappa shape index (κ2) is 9.78. The fourth-order valence-electron chi connectivity index (χ4n) is 3.08. The molecule has 2 amide bonds. The van der Waals surface area contributed by atoms with Crippen LogP contribution in [0, 0.1) is 5.92 Å². The molecule has 1 heterocycles. The highest BCUT2D eigenvalue weighted by Gasteiger charge is 2.22. The number of piperidine rings is 1. The summed E-state index contributed by atoms with van der Waals surface area (Å²) in [5, 5.41) is 3.77. The molecule has 1 aromatic carbocycles. The summed E-state index contributed by atoms with van der Waals surface area (Å²) in [6.45, 7) is 3.21. The number of halogens is 1. The first-order valence-corrected chi connectivity index (χ1v) is 8.83. The standard InChI is InChI=1S/C18H27ClN2O2/c1-23-13-3-5-16-4-2-12-21(14-16)18(22)20-11-10-15-6-8-17(19)9-7-15/h6-9,16H,2-5,10-14H2,1H3,(H,20,22). The van der Waals surface area contributed by atoms with E-state index in [1.807, 2.05) is 29.2 Å². The Hall–Kier alpha value is -1.26. The Morgan fingerprint density at radius 2 is 2.17 bits per heavy atom. The predicted octanol–water partition coefficient (Wildman–Crippen LogP) is 3.73. The maximum atomic E-state index is 12.3. The van der Waals surface area contributed by atoms with Gasteiger partial charge in [-0.15, -0.1) is 0 Å². The van der Waals surface area contributed by atoms with Gasteiger partial charge in [-0.2, -0.15) is 0 Å². The number of rotatable bonds is 7. The third kappa shape index (κ3) is 6.40. The molecule has 0 saturated carbocycles. The van der Waals surface area contributed by atoms with E-state index in [0.29, 0.717) is 12.5 Å². The molecular formula is C18H27ClN2O2. The average molecular weight is 339 g/mol. The van der Waals surface area contributed by atoms with Gasteiger partial charge < -0.3 is 15.0 Å². The zero-order valence-electron chi connectivity index (χ0n) is 13.9. The average Bonchev–Trinajstić information content (AvgIpc) is 2.57. The molecule has 2 rings (SSSR count). The second-order valence-electron chi connectivity index (χ2n) is 6.20. The van der Waals surface area contributed by atoms with Gasteiger partial charge >= 0.3 is 6.03 Å². The Bertz CT molecular complexity index is 478. The highest BCUT2D eigenvalue weighted by Crippen LogP contribution is 2.21. The summed E-state index contributed by atoms with van der Waals surface area (Å²) in [5.41, 5.74) is 1.19. The molecule has 1 N–H and O–H groups in total. The number of urea groups is 1. The monoisotopic (exact) mass is 338 g/mol. The lowest BCUT2D eigenvalue weighted by Crippen LogP contribution is -2.46. The zero-order valence-corrected chi connectivity index (χ0v) is 14.6. The first-order valence-electron chi connectivity index (χ1n) is 8.45. The molecule has 1 atom stereocenters. The molecule has 0 spiro atoms. The minimum absolute atomic E-state index is 0.0652. The van der Waals surface area contributed by atoms with Crippen molar-refractivity contribution in [1.82, 2.24) is 10.2 Å². The Kier molecular flexibility index (Phi) is 7.69. The van der Waals surface area contributed by atoms with E-state index in [1.54, 1.807) is 7.11 Å². The molecular weight excluding hydrogens is 312 g/mol. The number of ether oxygens (including phenoxy) is 1. The van der Waals surface area contributed by atoms with Crippen LogP contribution in [0.2, 0.25) is 5.02 Å². The van der Waals surface area contributed by atoms with Crippen molar-refractivity contribution in [3.05, 3.63) is 34.9 Å². The molecule has 4 nitrogen and oxygen atoms in total. The third-order valence-electron chi connectivity index (χ3n) is 4.37. The van der Waals surface area contributed by atoms with Gasteiger partial charge in [0.05, 0.1) is 0 Å². The zero-order chi connectivity index (χ0) is 16.5. The summed E-state index contributed by atoms with van der Waals surface area (Å²) in [6.07, 6.45) is 5.37. The van der Waals surface area contributed by atoms with Gasteiger partial charge in [-0.05, 0) is 55.7 Å². The first kappa shape index (κ1) is 18.1. The summed E-state index contributed by atoms with van der Waals surface area (Å²) < 4.78 is 5.11. The molecule has 5 heteroatoms.